The standard InChI is InChI=1S/C33H36O8/c1-16(2)25-27(37)23(17(3)34)29(39)33(41)30(40)26-28(38)24-20(14-31(26,4)15-32(25,33)5)18(11-13-22(24)36)10-12-21(35)19-8-6-7-9-19/h6,8-9,11,13,16,23,25-26,36,41H,7,10,12,14-15H2,1-5H3/t23?,25?,26?,31-,32-,33+/m1/s1. The Balaban J connectivity index is 1.62. The van der Waals surface area contributed by atoms with E-state index in [2.05, 4.69) is 0 Å². The van der Waals surface area contributed by atoms with Crippen molar-refractivity contribution < 1.29 is 39.0 Å². The predicted molar refractivity (Wildman–Crippen MR) is 148 cm³/mol. The van der Waals surface area contributed by atoms with Crippen molar-refractivity contribution in [1.29, 1.82) is 0 Å². The Morgan fingerprint density at radius 1 is 1.07 bits per heavy atom. The molecule has 2 saturated carbocycles. The van der Waals surface area contributed by atoms with Crippen LogP contribution in [0.1, 0.15) is 75.4 Å². The smallest absolute Gasteiger partial charge is 0.190 e. The van der Waals surface area contributed by atoms with Crippen molar-refractivity contribution in [3.8, 4) is 5.75 Å². The van der Waals surface area contributed by atoms with E-state index in [1.165, 1.54) is 6.07 Å². The van der Waals surface area contributed by atoms with E-state index in [1.54, 1.807) is 39.8 Å². The fraction of sp³-hybridized carbons (Fsp3) is 0.515. The third-order valence-corrected chi connectivity index (χ3v) is 10.1. The molecule has 1 aromatic carbocycles. The lowest BCUT2D eigenvalue weighted by atomic mass is 9.40. The highest BCUT2D eigenvalue weighted by molar-refractivity contribution is 6.32. The molecule has 1 aromatic rings. The van der Waals surface area contributed by atoms with Crippen molar-refractivity contribution in [2.45, 2.75) is 72.3 Å². The zero-order valence-electron chi connectivity index (χ0n) is 24.1. The van der Waals surface area contributed by atoms with Crippen LogP contribution in [-0.4, -0.2) is 50.5 Å². The zero-order valence-corrected chi connectivity index (χ0v) is 24.1. The van der Waals surface area contributed by atoms with E-state index in [0.29, 0.717) is 29.5 Å². The number of phenolic OH excluding ortho intramolecular Hbond substituents is 1. The molecular formula is C33H36O8. The average Bonchev–Trinajstić information content (AvgIpc) is 3.40. The molecule has 0 heterocycles. The summed E-state index contributed by atoms with van der Waals surface area (Å²) in [6.07, 6.45) is 6.93. The summed E-state index contributed by atoms with van der Waals surface area (Å²) in [6.45, 7) is 7.89. The van der Waals surface area contributed by atoms with Gasteiger partial charge in [-0.05, 0) is 61.1 Å². The Hall–Kier alpha value is -3.52. The fourth-order valence-corrected chi connectivity index (χ4v) is 8.49. The number of aromatic hydroxyl groups is 1. The van der Waals surface area contributed by atoms with E-state index in [-0.39, 0.29) is 36.4 Å². The van der Waals surface area contributed by atoms with Gasteiger partial charge in [0.2, 0.25) is 0 Å². The molecule has 8 nitrogen and oxygen atoms in total. The highest BCUT2D eigenvalue weighted by Gasteiger charge is 2.76. The summed E-state index contributed by atoms with van der Waals surface area (Å²) in [4.78, 5) is 80.9. The molecule has 0 aliphatic heterocycles. The molecule has 8 heteroatoms. The number of fused-ring (bicyclic) bond motifs is 3. The van der Waals surface area contributed by atoms with Gasteiger partial charge in [-0.2, -0.15) is 0 Å². The molecule has 41 heavy (non-hydrogen) atoms. The van der Waals surface area contributed by atoms with Crippen molar-refractivity contribution in [2.24, 2.45) is 34.5 Å². The lowest BCUT2D eigenvalue weighted by Crippen LogP contribution is -2.76. The Morgan fingerprint density at radius 2 is 1.76 bits per heavy atom. The van der Waals surface area contributed by atoms with Gasteiger partial charge < -0.3 is 10.2 Å². The molecule has 3 unspecified atom stereocenters. The van der Waals surface area contributed by atoms with Crippen LogP contribution in [0.15, 0.2) is 35.9 Å². The summed E-state index contributed by atoms with van der Waals surface area (Å²) in [5.74, 6) is -9.19. The van der Waals surface area contributed by atoms with Crippen LogP contribution in [0.25, 0.3) is 0 Å². The van der Waals surface area contributed by atoms with Gasteiger partial charge in [-0.3, -0.25) is 28.8 Å². The number of aryl methyl sites for hydroxylation is 1. The number of hydrogen-bond donors (Lipinski definition) is 2. The highest BCUT2D eigenvalue weighted by atomic mass is 16.3. The number of aliphatic hydroxyl groups is 1. The minimum Gasteiger partial charge on any atom is -0.507 e. The van der Waals surface area contributed by atoms with Gasteiger partial charge >= 0.3 is 0 Å². The summed E-state index contributed by atoms with van der Waals surface area (Å²) in [5, 5.41) is 22.9. The van der Waals surface area contributed by atoms with Crippen LogP contribution in [0.2, 0.25) is 0 Å². The van der Waals surface area contributed by atoms with Gasteiger partial charge in [0.1, 0.15) is 17.5 Å². The predicted octanol–water partition coefficient (Wildman–Crippen LogP) is 3.48. The third kappa shape index (κ3) is 3.90. The first-order valence-electron chi connectivity index (χ1n) is 14.2. The monoisotopic (exact) mass is 560 g/mol. The van der Waals surface area contributed by atoms with E-state index in [0.717, 1.165) is 6.92 Å². The van der Waals surface area contributed by atoms with Crippen LogP contribution >= 0.6 is 0 Å². The van der Waals surface area contributed by atoms with Gasteiger partial charge in [0, 0.05) is 23.3 Å². The number of carbonyl (C=O) groups is 6. The second-order valence-corrected chi connectivity index (χ2v) is 13.1. The Morgan fingerprint density at radius 3 is 2.34 bits per heavy atom. The molecule has 0 saturated heterocycles. The van der Waals surface area contributed by atoms with E-state index >= 15 is 0 Å². The van der Waals surface area contributed by atoms with Crippen LogP contribution in [0.5, 0.6) is 5.75 Å². The number of hydrogen-bond acceptors (Lipinski definition) is 8. The van der Waals surface area contributed by atoms with Crippen molar-refractivity contribution >= 4 is 34.7 Å². The van der Waals surface area contributed by atoms with E-state index in [9.17, 15) is 39.0 Å². The van der Waals surface area contributed by atoms with Gasteiger partial charge in [-0.15, -0.1) is 0 Å². The Bertz CT molecular complexity index is 1490. The summed E-state index contributed by atoms with van der Waals surface area (Å²) in [7, 11) is 0. The average molecular weight is 561 g/mol. The summed E-state index contributed by atoms with van der Waals surface area (Å²) in [6, 6.07) is 3.05. The number of carbonyl (C=O) groups excluding carboxylic acids is 6. The molecule has 0 aromatic heterocycles. The van der Waals surface area contributed by atoms with Crippen LogP contribution in [-0.2, 0) is 36.8 Å². The van der Waals surface area contributed by atoms with Gasteiger partial charge in [-0.1, -0.05) is 52.0 Å². The zero-order chi connectivity index (χ0) is 30.2. The molecule has 4 aliphatic carbocycles. The Kier molecular flexibility index (Phi) is 6.73. The molecule has 5 rings (SSSR count). The highest BCUT2D eigenvalue weighted by Crippen LogP contribution is 2.63. The molecule has 0 spiro atoms. The van der Waals surface area contributed by atoms with Crippen LogP contribution in [0.4, 0.5) is 0 Å². The molecular weight excluding hydrogens is 524 g/mol. The van der Waals surface area contributed by atoms with E-state index in [1.807, 2.05) is 12.2 Å². The molecule has 4 aliphatic rings. The number of rotatable bonds is 6. The minimum absolute atomic E-state index is 0.00521. The molecule has 0 amide bonds. The van der Waals surface area contributed by atoms with Crippen molar-refractivity contribution in [3.63, 3.8) is 0 Å². The number of Topliss-reactive ketones (excluding diaryl/α,β-unsaturated/α-hetero) is 6. The maximum absolute atomic E-state index is 14.3. The lowest BCUT2D eigenvalue weighted by Gasteiger charge is -2.61. The summed E-state index contributed by atoms with van der Waals surface area (Å²) in [5.41, 5.74) is -3.53. The van der Waals surface area contributed by atoms with Gasteiger partial charge in [0.05, 0.1) is 11.5 Å². The number of ketones is 6. The second-order valence-electron chi connectivity index (χ2n) is 13.1. The first-order chi connectivity index (χ1) is 19.1. The van der Waals surface area contributed by atoms with Gasteiger partial charge in [0.25, 0.3) is 0 Å². The number of benzene rings is 1. The number of allylic oxidation sites excluding steroid dienone is 4. The van der Waals surface area contributed by atoms with Crippen LogP contribution in [0, 0.1) is 34.5 Å². The first kappa shape index (κ1) is 29.0. The molecule has 0 radical (unpaired) electrons. The maximum Gasteiger partial charge on any atom is 0.190 e. The summed E-state index contributed by atoms with van der Waals surface area (Å²) >= 11 is 0. The second kappa shape index (κ2) is 9.51. The van der Waals surface area contributed by atoms with E-state index in [4.69, 9.17) is 0 Å². The third-order valence-electron chi connectivity index (χ3n) is 10.1. The number of phenols is 1. The topological polar surface area (TPSA) is 143 Å². The normalized spacial score (nSPS) is 34.3. The quantitative estimate of drug-likeness (QED) is 0.504. The molecule has 0 bridgehead atoms. The first-order valence-corrected chi connectivity index (χ1v) is 14.2. The largest absolute Gasteiger partial charge is 0.507 e. The molecule has 6 atom stereocenters. The molecule has 216 valence electrons. The molecule has 2 N–H and O–H groups in total. The van der Waals surface area contributed by atoms with Gasteiger partial charge in [-0.25, -0.2) is 0 Å². The lowest BCUT2D eigenvalue weighted by molar-refractivity contribution is -0.205. The maximum atomic E-state index is 14.3. The Labute approximate surface area is 238 Å². The van der Waals surface area contributed by atoms with E-state index < -0.39 is 69.0 Å². The van der Waals surface area contributed by atoms with Crippen LogP contribution in [0.3, 0.4) is 0 Å². The van der Waals surface area contributed by atoms with Crippen molar-refractivity contribution in [1.82, 2.24) is 0 Å². The van der Waals surface area contributed by atoms with Crippen molar-refractivity contribution in [2.75, 3.05) is 0 Å². The fourth-order valence-electron chi connectivity index (χ4n) is 8.49. The van der Waals surface area contributed by atoms with Gasteiger partial charge in [0.15, 0.2) is 34.5 Å². The SMILES string of the molecule is CC(=O)C1C(=O)C(C(C)C)[C@@]2(C)C[C@@]3(C)Cc4c(CCC(=O)C5=CCC=C5)ccc(O)c4C(=O)C3C(=O)[C@@]2(O)C1=O. The van der Waals surface area contributed by atoms with Crippen LogP contribution < -0.4 is 0 Å². The molecule has 2 fully saturated rings. The van der Waals surface area contributed by atoms with Crippen molar-refractivity contribution in [3.05, 3.63) is 52.6 Å². The minimum atomic E-state index is -2.72. The summed E-state index contributed by atoms with van der Waals surface area (Å²) < 4.78 is 0.